The molecule has 1 aromatic heterocycles. The second-order valence-corrected chi connectivity index (χ2v) is 3.92. The summed E-state index contributed by atoms with van der Waals surface area (Å²) in [6, 6.07) is 12.6. The number of aromatic nitrogens is 1. The quantitative estimate of drug-likeness (QED) is 0.649. The zero-order valence-corrected chi connectivity index (χ0v) is 12.5. The van der Waals surface area contributed by atoms with Crippen molar-refractivity contribution in [1.29, 1.82) is 0 Å². The van der Waals surface area contributed by atoms with E-state index < -0.39 is 0 Å². The molecule has 85 valence electrons. The number of nitrogens with zero attached hydrogens (tertiary/aromatic N) is 1. The summed E-state index contributed by atoms with van der Waals surface area (Å²) in [5, 5.41) is 0. The Balaban J connectivity index is 0.00000128. The van der Waals surface area contributed by atoms with Gasteiger partial charge in [-0.2, -0.15) is 0 Å². The number of benzene rings is 1. The van der Waals surface area contributed by atoms with Crippen LogP contribution in [0.1, 0.15) is 0 Å². The molecule has 0 atom stereocenters. The van der Waals surface area contributed by atoms with Gasteiger partial charge in [-0.05, 0) is 17.8 Å². The molecule has 0 N–H and O–H groups in total. The molecule has 1 heterocycles. The summed E-state index contributed by atoms with van der Waals surface area (Å²) in [6.45, 7) is 0. The fourth-order valence-corrected chi connectivity index (χ4v) is 1.63. The SMILES string of the molecule is COc1ccnc(-c2[c-]ccc(Br)c2)c1.[Ir]. The summed E-state index contributed by atoms with van der Waals surface area (Å²) >= 11 is 3.42. The third-order valence-corrected chi connectivity index (χ3v) is 2.50. The van der Waals surface area contributed by atoms with Gasteiger partial charge in [0.25, 0.3) is 0 Å². The maximum atomic E-state index is 5.14. The van der Waals surface area contributed by atoms with Gasteiger partial charge < -0.3 is 9.72 Å². The number of hydrogen-bond donors (Lipinski definition) is 0. The van der Waals surface area contributed by atoms with Gasteiger partial charge in [0.2, 0.25) is 0 Å². The maximum Gasteiger partial charge on any atom is 0.113 e. The van der Waals surface area contributed by atoms with Crippen LogP contribution in [0.5, 0.6) is 5.75 Å². The van der Waals surface area contributed by atoms with Crippen molar-refractivity contribution in [3.8, 4) is 17.0 Å². The van der Waals surface area contributed by atoms with Crippen molar-refractivity contribution in [2.45, 2.75) is 0 Å². The fraction of sp³-hybridized carbons (Fsp3) is 0.0833. The van der Waals surface area contributed by atoms with E-state index in [1.165, 1.54) is 0 Å². The molecule has 0 bridgehead atoms. The van der Waals surface area contributed by atoms with Gasteiger partial charge >= 0.3 is 0 Å². The van der Waals surface area contributed by atoms with E-state index in [-0.39, 0.29) is 20.1 Å². The van der Waals surface area contributed by atoms with Crippen LogP contribution in [-0.2, 0) is 20.1 Å². The molecule has 2 rings (SSSR count). The molecule has 0 saturated heterocycles. The molecule has 0 spiro atoms. The van der Waals surface area contributed by atoms with Crippen molar-refractivity contribution in [3.63, 3.8) is 0 Å². The molecule has 0 saturated carbocycles. The molecule has 1 radical (unpaired) electrons. The molecule has 16 heavy (non-hydrogen) atoms. The van der Waals surface area contributed by atoms with Gasteiger partial charge in [0.05, 0.1) is 7.11 Å². The Hall–Kier alpha value is -0.701. The summed E-state index contributed by atoms with van der Waals surface area (Å²) in [4.78, 5) is 4.27. The number of ether oxygens (including phenoxy) is 1. The molecule has 2 nitrogen and oxygen atoms in total. The predicted octanol–water partition coefficient (Wildman–Crippen LogP) is 3.32. The molecule has 0 aliphatic rings. The first-order chi connectivity index (χ1) is 7.29. The average Bonchev–Trinajstić information content (AvgIpc) is 2.29. The topological polar surface area (TPSA) is 22.1 Å². The predicted molar refractivity (Wildman–Crippen MR) is 62.8 cm³/mol. The first-order valence-electron chi connectivity index (χ1n) is 4.47. The third kappa shape index (κ3) is 3.14. The van der Waals surface area contributed by atoms with E-state index in [0.717, 1.165) is 21.5 Å². The van der Waals surface area contributed by atoms with Gasteiger partial charge in [-0.25, -0.2) is 0 Å². The fourth-order valence-electron chi connectivity index (χ4n) is 1.27. The van der Waals surface area contributed by atoms with Crippen molar-refractivity contribution in [1.82, 2.24) is 4.98 Å². The van der Waals surface area contributed by atoms with Crippen LogP contribution >= 0.6 is 15.9 Å². The van der Waals surface area contributed by atoms with E-state index in [9.17, 15) is 0 Å². The van der Waals surface area contributed by atoms with Crippen LogP contribution in [0.4, 0.5) is 0 Å². The molecule has 0 amide bonds. The van der Waals surface area contributed by atoms with E-state index in [1.807, 2.05) is 30.3 Å². The number of rotatable bonds is 2. The van der Waals surface area contributed by atoms with E-state index >= 15 is 0 Å². The molecule has 4 heteroatoms. The van der Waals surface area contributed by atoms with Crippen LogP contribution in [-0.4, -0.2) is 12.1 Å². The first kappa shape index (κ1) is 13.4. The van der Waals surface area contributed by atoms with Crippen LogP contribution in [0.3, 0.4) is 0 Å². The van der Waals surface area contributed by atoms with E-state index in [4.69, 9.17) is 4.74 Å². The van der Waals surface area contributed by atoms with Crippen molar-refractivity contribution in [2.24, 2.45) is 0 Å². The van der Waals surface area contributed by atoms with Crippen molar-refractivity contribution < 1.29 is 24.8 Å². The second-order valence-electron chi connectivity index (χ2n) is 3.00. The smallest absolute Gasteiger partial charge is 0.113 e. The van der Waals surface area contributed by atoms with E-state index in [2.05, 4.69) is 27.0 Å². The van der Waals surface area contributed by atoms with Gasteiger partial charge in [-0.3, -0.25) is 0 Å². The summed E-state index contributed by atoms with van der Waals surface area (Å²) in [7, 11) is 1.64. The molecule has 0 aliphatic carbocycles. The molecule has 1 aromatic carbocycles. The molecule has 0 fully saturated rings. The summed E-state index contributed by atoms with van der Waals surface area (Å²) < 4.78 is 6.16. The van der Waals surface area contributed by atoms with Gasteiger partial charge in [0.15, 0.2) is 0 Å². The number of hydrogen-bond acceptors (Lipinski definition) is 2. The van der Waals surface area contributed by atoms with E-state index in [0.29, 0.717) is 0 Å². The Bertz CT molecular complexity index is 476. The Labute approximate surface area is 117 Å². The summed E-state index contributed by atoms with van der Waals surface area (Å²) in [5.74, 6) is 0.799. The average molecular weight is 455 g/mol. The zero-order chi connectivity index (χ0) is 10.7. The number of methoxy groups -OCH3 is 1. The van der Waals surface area contributed by atoms with Gasteiger partial charge in [-0.15, -0.1) is 29.8 Å². The van der Waals surface area contributed by atoms with Crippen LogP contribution in [0.25, 0.3) is 11.3 Å². The van der Waals surface area contributed by atoms with Crippen LogP contribution in [0.2, 0.25) is 0 Å². The number of pyridine rings is 1. The Morgan fingerprint density at radius 3 is 2.81 bits per heavy atom. The minimum atomic E-state index is 0. The number of halogens is 1. The molecule has 0 aliphatic heterocycles. The van der Waals surface area contributed by atoms with Gasteiger partial charge in [0, 0.05) is 26.3 Å². The summed E-state index contributed by atoms with van der Waals surface area (Å²) in [5.41, 5.74) is 1.80. The largest absolute Gasteiger partial charge is 0.497 e. The Morgan fingerprint density at radius 2 is 2.12 bits per heavy atom. The normalized spacial score (nSPS) is 9.38. The third-order valence-electron chi connectivity index (χ3n) is 2.01. The van der Waals surface area contributed by atoms with E-state index in [1.54, 1.807) is 13.3 Å². The molecular weight excluding hydrogens is 446 g/mol. The van der Waals surface area contributed by atoms with Gasteiger partial charge in [-0.1, -0.05) is 20.4 Å². The Kier molecular flexibility index (Phi) is 5.13. The van der Waals surface area contributed by atoms with Crippen LogP contribution < -0.4 is 4.74 Å². The van der Waals surface area contributed by atoms with Crippen molar-refractivity contribution in [2.75, 3.05) is 7.11 Å². The monoisotopic (exact) mass is 455 g/mol. The molecule has 2 aromatic rings. The minimum absolute atomic E-state index is 0. The van der Waals surface area contributed by atoms with Crippen LogP contribution in [0, 0.1) is 6.07 Å². The van der Waals surface area contributed by atoms with Crippen LogP contribution in [0.15, 0.2) is 41.0 Å². The van der Waals surface area contributed by atoms with Crippen molar-refractivity contribution in [3.05, 3.63) is 47.1 Å². The second kappa shape index (κ2) is 6.14. The summed E-state index contributed by atoms with van der Waals surface area (Å²) in [6.07, 6.45) is 1.73. The minimum Gasteiger partial charge on any atom is -0.497 e. The zero-order valence-electron chi connectivity index (χ0n) is 8.53. The molecule has 0 unspecified atom stereocenters. The molecular formula is C12H9BrIrNO-. The standard InChI is InChI=1S/C12H9BrNO.Ir/c1-15-11-5-6-14-12(8-11)9-3-2-4-10(13)7-9;/h2,4-8H,1H3;/q-1;. The van der Waals surface area contributed by atoms with Crippen molar-refractivity contribution >= 4 is 15.9 Å². The van der Waals surface area contributed by atoms with Gasteiger partial charge in [0.1, 0.15) is 5.75 Å². The first-order valence-corrected chi connectivity index (χ1v) is 5.26. The maximum absolute atomic E-state index is 5.14. The Morgan fingerprint density at radius 1 is 1.31 bits per heavy atom.